The quantitative estimate of drug-likeness (QED) is 0.838. The summed E-state index contributed by atoms with van der Waals surface area (Å²) in [4.78, 5) is 0. The Balaban J connectivity index is 2.52. The number of hydrogen-bond donors (Lipinski definition) is 1. The zero-order valence-corrected chi connectivity index (χ0v) is 12.9. The van der Waals surface area contributed by atoms with Crippen molar-refractivity contribution < 1.29 is 21.9 Å². The number of benzene rings is 1. The summed E-state index contributed by atoms with van der Waals surface area (Å²) in [5.41, 5.74) is 4.71. The topological polar surface area (TPSA) is 84.0 Å². The number of nitrogen functional groups attached to an aromatic ring is 1. The van der Waals surface area contributed by atoms with Gasteiger partial charge in [-0.3, -0.25) is 4.21 Å². The number of nitrogens with two attached hydrogens (primary N) is 1. The fourth-order valence-electron chi connectivity index (χ4n) is 1.72. The van der Waals surface area contributed by atoms with Gasteiger partial charge < -0.3 is 10.3 Å². The average molecular weight is 373 g/mol. The summed E-state index contributed by atoms with van der Waals surface area (Å²) >= 11 is 9.28. The molecule has 0 spiro atoms. The first-order chi connectivity index (χ1) is 10.1. The summed E-state index contributed by atoms with van der Waals surface area (Å²) in [6, 6.07) is 1.40. The van der Waals surface area contributed by atoms with Gasteiger partial charge in [-0.25, -0.2) is 4.68 Å². The first-order valence-corrected chi connectivity index (χ1v) is 7.56. The molecule has 1 unspecified atom stereocenters. The smallest absolute Gasteiger partial charge is 0.416 e. The van der Waals surface area contributed by atoms with E-state index < -0.39 is 22.8 Å². The minimum Gasteiger partial charge on any atom is -0.772 e. The number of aromatic nitrogens is 2. The number of hydrogen-bond acceptors (Lipinski definition) is 4. The van der Waals surface area contributed by atoms with Crippen LogP contribution < -0.4 is 5.73 Å². The Labute approximate surface area is 135 Å². The van der Waals surface area contributed by atoms with E-state index >= 15 is 0 Å². The molecule has 0 radical (unpaired) electrons. The number of halogens is 5. The number of rotatable bonds is 3. The molecular weight excluding hydrogens is 366 g/mol. The molecule has 0 saturated carbocycles. The number of alkyl halides is 3. The van der Waals surface area contributed by atoms with Crippen molar-refractivity contribution in [3.05, 3.63) is 39.5 Å². The Morgan fingerprint density at radius 2 is 1.86 bits per heavy atom. The van der Waals surface area contributed by atoms with Crippen molar-refractivity contribution in [3.8, 4) is 5.69 Å². The molecule has 120 valence electrons. The number of anilines is 1. The van der Waals surface area contributed by atoms with Gasteiger partial charge in [0.25, 0.3) is 0 Å². The van der Waals surface area contributed by atoms with Gasteiger partial charge in [-0.1, -0.05) is 34.3 Å². The van der Waals surface area contributed by atoms with Crippen molar-refractivity contribution in [2.24, 2.45) is 0 Å². The predicted molar refractivity (Wildman–Crippen MR) is 75.6 cm³/mol. The lowest BCUT2D eigenvalue weighted by Gasteiger charge is -2.12. The Bertz CT molecular complexity index is 726. The molecule has 5 nitrogen and oxygen atoms in total. The standard InChI is InChI=1S/C11H8Cl2F3N3O2S/c12-7-1-6(11(14,15)16)2-8(13)9(7)19-3-5(4-22(20)21)10(17)18-19/h1-3H,4H2,(H2,17,18)(H,20,21)/p-1. The molecular formula is C11H7Cl2F3N3O2S-. The van der Waals surface area contributed by atoms with Crippen LogP contribution in [0.2, 0.25) is 10.0 Å². The molecule has 22 heavy (non-hydrogen) atoms. The maximum atomic E-state index is 12.7. The van der Waals surface area contributed by atoms with Gasteiger partial charge in [0.15, 0.2) is 0 Å². The van der Waals surface area contributed by atoms with Crippen LogP contribution in [0.4, 0.5) is 19.0 Å². The molecule has 0 aliphatic heterocycles. The minimum absolute atomic E-state index is 0.0223. The van der Waals surface area contributed by atoms with Crippen LogP contribution in [-0.4, -0.2) is 18.5 Å². The molecule has 0 aliphatic rings. The van der Waals surface area contributed by atoms with E-state index in [0.717, 1.165) is 4.68 Å². The van der Waals surface area contributed by atoms with Crippen LogP contribution in [0, 0.1) is 0 Å². The van der Waals surface area contributed by atoms with E-state index in [1.165, 1.54) is 6.20 Å². The summed E-state index contributed by atoms with van der Waals surface area (Å²) in [6.07, 6.45) is -3.36. The summed E-state index contributed by atoms with van der Waals surface area (Å²) in [7, 11) is 0. The van der Waals surface area contributed by atoms with Crippen LogP contribution in [0.15, 0.2) is 18.3 Å². The highest BCUT2D eigenvalue weighted by atomic mass is 35.5. The largest absolute Gasteiger partial charge is 0.772 e. The van der Waals surface area contributed by atoms with Gasteiger partial charge in [-0.05, 0) is 12.1 Å². The summed E-state index contributed by atoms with van der Waals surface area (Å²) in [5.74, 6) is -0.474. The molecule has 0 aliphatic carbocycles. The van der Waals surface area contributed by atoms with Gasteiger partial charge in [0.1, 0.15) is 11.5 Å². The molecule has 1 aromatic heterocycles. The van der Waals surface area contributed by atoms with Crippen molar-refractivity contribution in [2.45, 2.75) is 11.9 Å². The van der Waals surface area contributed by atoms with Gasteiger partial charge in [0, 0.05) is 17.5 Å². The highest BCUT2D eigenvalue weighted by Crippen LogP contribution is 2.37. The van der Waals surface area contributed by atoms with Gasteiger partial charge in [-0.15, -0.1) is 0 Å². The van der Waals surface area contributed by atoms with Crippen LogP contribution in [-0.2, 0) is 23.0 Å². The Kier molecular flexibility index (Phi) is 4.71. The third kappa shape index (κ3) is 3.54. The van der Waals surface area contributed by atoms with E-state index in [-0.39, 0.29) is 32.9 Å². The van der Waals surface area contributed by atoms with Gasteiger partial charge in [-0.2, -0.15) is 18.3 Å². The van der Waals surface area contributed by atoms with Crippen LogP contribution in [0.3, 0.4) is 0 Å². The maximum absolute atomic E-state index is 12.7. The Hall–Kier alpha value is -1.29. The third-order valence-corrected chi connectivity index (χ3v) is 3.79. The van der Waals surface area contributed by atoms with Crippen LogP contribution in [0.25, 0.3) is 5.69 Å². The number of nitrogens with zero attached hydrogens (tertiary/aromatic N) is 2. The summed E-state index contributed by atoms with van der Waals surface area (Å²) in [5, 5.41) is 3.23. The zero-order valence-electron chi connectivity index (χ0n) is 10.5. The molecule has 0 bridgehead atoms. The lowest BCUT2D eigenvalue weighted by Crippen LogP contribution is -2.07. The molecule has 1 aromatic carbocycles. The lowest BCUT2D eigenvalue weighted by molar-refractivity contribution is -0.137. The monoisotopic (exact) mass is 372 g/mol. The Morgan fingerprint density at radius 1 is 1.32 bits per heavy atom. The molecule has 1 atom stereocenters. The second-order valence-electron chi connectivity index (χ2n) is 4.22. The van der Waals surface area contributed by atoms with Crippen molar-refractivity contribution in [1.82, 2.24) is 9.78 Å². The molecule has 11 heteroatoms. The minimum atomic E-state index is -4.60. The SMILES string of the molecule is Nc1nn(-c2c(Cl)cc(C(F)(F)F)cc2Cl)cc1CS(=O)[O-]. The van der Waals surface area contributed by atoms with Crippen LogP contribution >= 0.6 is 23.2 Å². The van der Waals surface area contributed by atoms with Crippen LogP contribution in [0.1, 0.15) is 11.1 Å². The highest BCUT2D eigenvalue weighted by Gasteiger charge is 2.32. The fourth-order valence-corrected chi connectivity index (χ4v) is 2.86. The zero-order chi connectivity index (χ0) is 16.7. The molecule has 2 rings (SSSR count). The second kappa shape index (κ2) is 6.07. The molecule has 0 fully saturated rings. The molecule has 0 amide bonds. The van der Waals surface area contributed by atoms with E-state index in [4.69, 9.17) is 28.9 Å². The molecule has 2 N–H and O–H groups in total. The summed E-state index contributed by atoms with van der Waals surface area (Å²) in [6.45, 7) is 0. The third-order valence-electron chi connectivity index (χ3n) is 2.67. The summed E-state index contributed by atoms with van der Waals surface area (Å²) < 4.78 is 60.4. The van der Waals surface area contributed by atoms with E-state index in [2.05, 4.69) is 5.10 Å². The van der Waals surface area contributed by atoms with Crippen molar-refractivity contribution in [2.75, 3.05) is 5.73 Å². The molecule has 2 aromatic rings. The van der Waals surface area contributed by atoms with E-state index in [1.54, 1.807) is 0 Å². The van der Waals surface area contributed by atoms with Gasteiger partial charge >= 0.3 is 6.18 Å². The van der Waals surface area contributed by atoms with E-state index in [1.807, 2.05) is 0 Å². The average Bonchev–Trinajstić information content (AvgIpc) is 2.67. The van der Waals surface area contributed by atoms with Gasteiger partial charge in [0.05, 0.1) is 15.6 Å². The van der Waals surface area contributed by atoms with Crippen molar-refractivity contribution in [1.29, 1.82) is 0 Å². The van der Waals surface area contributed by atoms with E-state index in [9.17, 15) is 21.9 Å². The second-order valence-corrected chi connectivity index (χ2v) is 5.93. The normalized spacial score (nSPS) is 13.4. The van der Waals surface area contributed by atoms with Gasteiger partial charge in [0.2, 0.25) is 0 Å². The van der Waals surface area contributed by atoms with E-state index in [0.29, 0.717) is 12.1 Å². The highest BCUT2D eigenvalue weighted by molar-refractivity contribution is 7.78. The fraction of sp³-hybridized carbons (Fsp3) is 0.182. The van der Waals surface area contributed by atoms with Crippen molar-refractivity contribution in [3.63, 3.8) is 0 Å². The first-order valence-electron chi connectivity index (χ1n) is 5.56. The van der Waals surface area contributed by atoms with Crippen molar-refractivity contribution >= 4 is 40.1 Å². The predicted octanol–water partition coefficient (Wildman–Crippen LogP) is 3.16. The first kappa shape index (κ1) is 17.1. The Morgan fingerprint density at radius 3 is 2.32 bits per heavy atom. The van der Waals surface area contributed by atoms with Crippen LogP contribution in [0.5, 0.6) is 0 Å². The molecule has 0 saturated heterocycles. The maximum Gasteiger partial charge on any atom is 0.416 e. The molecule has 1 heterocycles. The lowest BCUT2D eigenvalue weighted by atomic mass is 10.2.